The standard InChI is InChI=1S/C19H29N3O5S/c1-27-15-12-21-19(24)16-6-5-13-22(14-10-18(23)20-11-9-16)28(25,26)17-7-3-2-4-8-17/h2-4,7-8,16H,5-6,9-15H2,1H3,(H,20,23)(H,21,24). The lowest BCUT2D eigenvalue weighted by Crippen LogP contribution is -2.35. The second-order valence-electron chi connectivity index (χ2n) is 6.73. The normalized spacial score (nSPS) is 20.0. The quantitative estimate of drug-likeness (QED) is 0.672. The smallest absolute Gasteiger partial charge is 0.243 e. The SMILES string of the molecule is COCCNC(=O)C1CCCN(S(=O)(=O)c2ccccc2)CCC(=O)NCC1. The molecule has 0 aromatic heterocycles. The van der Waals surface area contributed by atoms with E-state index in [2.05, 4.69) is 10.6 Å². The highest BCUT2D eigenvalue weighted by Crippen LogP contribution is 2.19. The molecule has 1 aromatic carbocycles. The second-order valence-corrected chi connectivity index (χ2v) is 8.67. The second kappa shape index (κ2) is 11.1. The van der Waals surface area contributed by atoms with E-state index in [4.69, 9.17) is 4.74 Å². The number of ether oxygens (including phenoxy) is 1. The molecule has 2 amide bonds. The first-order valence-corrected chi connectivity index (χ1v) is 11.0. The molecule has 0 bridgehead atoms. The first kappa shape index (κ1) is 22.3. The van der Waals surface area contributed by atoms with Crippen LogP contribution in [0, 0.1) is 5.92 Å². The number of methoxy groups -OCH3 is 1. The summed E-state index contributed by atoms with van der Waals surface area (Å²) >= 11 is 0. The summed E-state index contributed by atoms with van der Waals surface area (Å²) in [5.41, 5.74) is 0. The van der Waals surface area contributed by atoms with Gasteiger partial charge in [-0.15, -0.1) is 0 Å². The molecule has 0 saturated carbocycles. The van der Waals surface area contributed by atoms with Gasteiger partial charge < -0.3 is 15.4 Å². The molecule has 1 saturated heterocycles. The van der Waals surface area contributed by atoms with Gasteiger partial charge in [-0.05, 0) is 31.4 Å². The van der Waals surface area contributed by atoms with Crippen LogP contribution in [0.2, 0.25) is 0 Å². The van der Waals surface area contributed by atoms with Gasteiger partial charge in [0.05, 0.1) is 11.5 Å². The van der Waals surface area contributed by atoms with Crippen molar-refractivity contribution in [2.75, 3.05) is 39.9 Å². The van der Waals surface area contributed by atoms with E-state index >= 15 is 0 Å². The number of nitrogens with zero attached hydrogens (tertiary/aromatic N) is 1. The summed E-state index contributed by atoms with van der Waals surface area (Å²) in [7, 11) is -2.12. The highest BCUT2D eigenvalue weighted by Gasteiger charge is 2.26. The summed E-state index contributed by atoms with van der Waals surface area (Å²) in [4.78, 5) is 24.7. The minimum atomic E-state index is -3.68. The van der Waals surface area contributed by atoms with Crippen molar-refractivity contribution in [3.8, 4) is 0 Å². The Morgan fingerprint density at radius 3 is 2.71 bits per heavy atom. The third kappa shape index (κ3) is 6.57. The fraction of sp³-hybridized carbons (Fsp3) is 0.579. The van der Waals surface area contributed by atoms with E-state index < -0.39 is 10.0 Å². The molecule has 156 valence electrons. The Kier molecular flexibility index (Phi) is 8.88. The van der Waals surface area contributed by atoms with Crippen molar-refractivity contribution in [3.05, 3.63) is 30.3 Å². The van der Waals surface area contributed by atoms with E-state index in [-0.39, 0.29) is 42.1 Å². The maximum Gasteiger partial charge on any atom is 0.243 e. The van der Waals surface area contributed by atoms with Crippen molar-refractivity contribution in [1.29, 1.82) is 0 Å². The molecule has 28 heavy (non-hydrogen) atoms. The maximum atomic E-state index is 12.9. The average Bonchev–Trinajstić information content (AvgIpc) is 2.73. The Morgan fingerprint density at radius 1 is 1.25 bits per heavy atom. The number of carbonyl (C=O) groups excluding carboxylic acids is 2. The molecule has 1 unspecified atom stereocenters. The Bertz CT molecular complexity index is 739. The lowest BCUT2D eigenvalue weighted by molar-refractivity contribution is -0.126. The molecule has 1 aromatic rings. The number of amides is 2. The molecule has 0 radical (unpaired) electrons. The molecule has 1 aliphatic heterocycles. The summed E-state index contributed by atoms with van der Waals surface area (Å²) in [6.07, 6.45) is 1.71. The van der Waals surface area contributed by atoms with Crippen molar-refractivity contribution in [3.63, 3.8) is 0 Å². The van der Waals surface area contributed by atoms with E-state index in [1.165, 1.54) is 4.31 Å². The Balaban J connectivity index is 2.08. The van der Waals surface area contributed by atoms with Gasteiger partial charge in [0.1, 0.15) is 0 Å². The molecule has 1 heterocycles. The monoisotopic (exact) mass is 411 g/mol. The van der Waals surface area contributed by atoms with Crippen LogP contribution in [0.3, 0.4) is 0 Å². The molecule has 1 aliphatic rings. The van der Waals surface area contributed by atoms with E-state index in [9.17, 15) is 18.0 Å². The van der Waals surface area contributed by atoms with Gasteiger partial charge in [0.25, 0.3) is 0 Å². The maximum absolute atomic E-state index is 12.9. The zero-order chi connectivity index (χ0) is 20.4. The predicted molar refractivity (Wildman–Crippen MR) is 105 cm³/mol. The van der Waals surface area contributed by atoms with Crippen LogP contribution in [0.4, 0.5) is 0 Å². The van der Waals surface area contributed by atoms with E-state index in [0.717, 1.165) is 0 Å². The highest BCUT2D eigenvalue weighted by atomic mass is 32.2. The van der Waals surface area contributed by atoms with Crippen molar-refractivity contribution >= 4 is 21.8 Å². The first-order valence-electron chi connectivity index (χ1n) is 9.53. The minimum absolute atomic E-state index is 0.0940. The van der Waals surface area contributed by atoms with Gasteiger partial charge in [0, 0.05) is 45.6 Å². The van der Waals surface area contributed by atoms with Gasteiger partial charge in [-0.3, -0.25) is 9.59 Å². The van der Waals surface area contributed by atoms with Gasteiger partial charge >= 0.3 is 0 Å². The summed E-state index contributed by atoms with van der Waals surface area (Å²) in [5, 5.41) is 5.60. The van der Waals surface area contributed by atoms with Crippen molar-refractivity contribution < 1.29 is 22.7 Å². The predicted octanol–water partition coefficient (Wildman–Crippen LogP) is 0.746. The van der Waals surface area contributed by atoms with E-state index in [1.807, 2.05) is 0 Å². The molecular weight excluding hydrogens is 382 g/mol. The zero-order valence-corrected chi connectivity index (χ0v) is 17.0. The Labute approximate surface area is 166 Å². The lowest BCUT2D eigenvalue weighted by Gasteiger charge is -2.22. The Hall–Kier alpha value is -1.97. The van der Waals surface area contributed by atoms with Crippen LogP contribution in [-0.2, 0) is 24.3 Å². The number of carbonyl (C=O) groups is 2. The molecular formula is C19H29N3O5S. The molecule has 9 heteroatoms. The summed E-state index contributed by atoms with van der Waals surface area (Å²) < 4.78 is 32.1. The van der Waals surface area contributed by atoms with Crippen molar-refractivity contribution in [1.82, 2.24) is 14.9 Å². The number of hydrogen-bond acceptors (Lipinski definition) is 5. The fourth-order valence-electron chi connectivity index (χ4n) is 3.14. The molecule has 0 aliphatic carbocycles. The number of hydrogen-bond donors (Lipinski definition) is 2. The molecule has 2 rings (SSSR count). The van der Waals surface area contributed by atoms with E-state index in [1.54, 1.807) is 37.4 Å². The summed E-state index contributed by atoms with van der Waals surface area (Å²) in [5.74, 6) is -0.590. The van der Waals surface area contributed by atoms with Gasteiger partial charge in [-0.25, -0.2) is 8.42 Å². The number of nitrogens with one attached hydrogen (secondary N) is 2. The van der Waals surface area contributed by atoms with Crippen molar-refractivity contribution in [2.45, 2.75) is 30.6 Å². The van der Waals surface area contributed by atoms with Gasteiger partial charge in [-0.1, -0.05) is 18.2 Å². The molecule has 1 atom stereocenters. The van der Waals surface area contributed by atoms with Crippen LogP contribution in [0.1, 0.15) is 25.7 Å². The Morgan fingerprint density at radius 2 is 2.00 bits per heavy atom. The van der Waals surface area contributed by atoms with Crippen molar-refractivity contribution in [2.24, 2.45) is 5.92 Å². The highest BCUT2D eigenvalue weighted by molar-refractivity contribution is 7.89. The topological polar surface area (TPSA) is 105 Å². The van der Waals surface area contributed by atoms with Gasteiger partial charge in [0.15, 0.2) is 0 Å². The van der Waals surface area contributed by atoms with Crippen LogP contribution in [-0.4, -0.2) is 64.4 Å². The van der Waals surface area contributed by atoms with Crippen LogP contribution >= 0.6 is 0 Å². The summed E-state index contributed by atoms with van der Waals surface area (Å²) in [6, 6.07) is 8.20. The van der Waals surface area contributed by atoms with Gasteiger partial charge in [0.2, 0.25) is 21.8 Å². The zero-order valence-electron chi connectivity index (χ0n) is 16.2. The van der Waals surface area contributed by atoms with Crippen LogP contribution in [0.25, 0.3) is 0 Å². The third-order valence-corrected chi connectivity index (χ3v) is 6.63. The molecule has 2 N–H and O–H groups in total. The molecule has 0 spiro atoms. The van der Waals surface area contributed by atoms with Crippen LogP contribution < -0.4 is 10.6 Å². The van der Waals surface area contributed by atoms with E-state index in [0.29, 0.717) is 39.0 Å². The third-order valence-electron chi connectivity index (χ3n) is 4.72. The number of rotatable bonds is 6. The lowest BCUT2D eigenvalue weighted by atomic mass is 9.98. The van der Waals surface area contributed by atoms with Gasteiger partial charge in [-0.2, -0.15) is 4.31 Å². The summed E-state index contributed by atoms with van der Waals surface area (Å²) in [6.45, 7) is 1.64. The average molecular weight is 412 g/mol. The number of sulfonamides is 1. The minimum Gasteiger partial charge on any atom is -0.383 e. The number of benzene rings is 1. The first-order chi connectivity index (χ1) is 13.4. The van der Waals surface area contributed by atoms with Crippen LogP contribution in [0.15, 0.2) is 35.2 Å². The van der Waals surface area contributed by atoms with Crippen LogP contribution in [0.5, 0.6) is 0 Å². The fourth-order valence-corrected chi connectivity index (χ4v) is 4.64. The molecule has 1 fully saturated rings. The largest absolute Gasteiger partial charge is 0.383 e. The molecule has 8 nitrogen and oxygen atoms in total.